The monoisotopic (exact) mass is 353 g/mol. The van der Waals surface area contributed by atoms with Gasteiger partial charge in [-0.15, -0.1) is 0 Å². The number of carboxylic acid groups (broad SMARTS) is 1. The molecule has 0 radical (unpaired) electrons. The predicted molar refractivity (Wildman–Crippen MR) is 96.4 cm³/mol. The van der Waals surface area contributed by atoms with E-state index in [9.17, 15) is 14.7 Å². The van der Waals surface area contributed by atoms with Crippen molar-refractivity contribution in [2.24, 2.45) is 5.92 Å². The standard InChI is InChI=1S/C21H23NO4/c1-2-18-15(21(24)25)11-19(26-18)20(23)22-12-16(13-7-4-3-5-8-13)14-9-6-10-17(14)22/h3-5,7-8,11,14,16-17H,2,6,9-10,12H2,1H3,(H,24,25). The molecule has 2 heterocycles. The third kappa shape index (κ3) is 2.71. The Morgan fingerprint density at radius 3 is 2.65 bits per heavy atom. The fourth-order valence-electron chi connectivity index (χ4n) is 4.71. The number of carbonyl (C=O) groups is 2. The number of fused-ring (bicyclic) bond motifs is 1. The second-order valence-electron chi connectivity index (χ2n) is 7.24. The Labute approximate surface area is 152 Å². The van der Waals surface area contributed by atoms with Crippen molar-refractivity contribution >= 4 is 11.9 Å². The van der Waals surface area contributed by atoms with Crippen LogP contribution in [0.4, 0.5) is 0 Å². The normalized spacial score (nSPS) is 24.7. The van der Waals surface area contributed by atoms with Crippen molar-refractivity contribution in [3.63, 3.8) is 0 Å². The van der Waals surface area contributed by atoms with Gasteiger partial charge in [0.2, 0.25) is 0 Å². The molecule has 0 spiro atoms. The summed E-state index contributed by atoms with van der Waals surface area (Å²) < 4.78 is 5.62. The number of furan rings is 1. The van der Waals surface area contributed by atoms with Gasteiger partial charge in [0.25, 0.3) is 5.91 Å². The van der Waals surface area contributed by atoms with Crippen LogP contribution in [-0.2, 0) is 6.42 Å². The van der Waals surface area contributed by atoms with E-state index in [4.69, 9.17) is 4.42 Å². The average molecular weight is 353 g/mol. The van der Waals surface area contributed by atoms with Crippen LogP contribution in [0.1, 0.15) is 64.3 Å². The van der Waals surface area contributed by atoms with E-state index in [1.165, 1.54) is 11.6 Å². The zero-order valence-corrected chi connectivity index (χ0v) is 14.9. The molecule has 1 aliphatic heterocycles. The molecule has 3 atom stereocenters. The number of nitrogens with zero attached hydrogens (tertiary/aromatic N) is 1. The fraction of sp³-hybridized carbons (Fsp3) is 0.429. The van der Waals surface area contributed by atoms with Crippen molar-refractivity contribution in [3.8, 4) is 0 Å². The van der Waals surface area contributed by atoms with Gasteiger partial charge in [-0.2, -0.15) is 0 Å². The van der Waals surface area contributed by atoms with Gasteiger partial charge in [-0.3, -0.25) is 4.79 Å². The molecular formula is C21H23NO4. The van der Waals surface area contributed by atoms with E-state index in [2.05, 4.69) is 12.1 Å². The molecule has 26 heavy (non-hydrogen) atoms. The highest BCUT2D eigenvalue weighted by Gasteiger charge is 2.47. The van der Waals surface area contributed by atoms with Gasteiger partial charge in [0.15, 0.2) is 5.76 Å². The molecule has 2 aromatic rings. The van der Waals surface area contributed by atoms with Crippen molar-refractivity contribution in [2.75, 3.05) is 6.54 Å². The number of rotatable bonds is 4. The third-order valence-corrected chi connectivity index (χ3v) is 5.90. The van der Waals surface area contributed by atoms with Gasteiger partial charge in [-0.05, 0) is 24.3 Å². The lowest BCUT2D eigenvalue weighted by atomic mass is 9.87. The average Bonchev–Trinajstić information content (AvgIpc) is 3.36. The van der Waals surface area contributed by atoms with E-state index in [0.29, 0.717) is 30.6 Å². The van der Waals surface area contributed by atoms with E-state index < -0.39 is 5.97 Å². The molecular weight excluding hydrogens is 330 g/mol. The predicted octanol–water partition coefficient (Wildman–Crippen LogP) is 3.95. The number of hydrogen-bond donors (Lipinski definition) is 1. The van der Waals surface area contributed by atoms with Gasteiger partial charge in [0, 0.05) is 31.0 Å². The highest BCUT2D eigenvalue weighted by Crippen LogP contribution is 2.46. The summed E-state index contributed by atoms with van der Waals surface area (Å²) in [5.41, 5.74) is 1.37. The zero-order chi connectivity index (χ0) is 18.3. The molecule has 3 unspecified atom stereocenters. The fourth-order valence-corrected chi connectivity index (χ4v) is 4.71. The van der Waals surface area contributed by atoms with Crippen molar-refractivity contribution in [3.05, 3.63) is 59.0 Å². The van der Waals surface area contributed by atoms with Crippen LogP contribution in [0.15, 0.2) is 40.8 Å². The first kappa shape index (κ1) is 16.9. The maximum absolute atomic E-state index is 13.1. The molecule has 136 valence electrons. The van der Waals surface area contributed by atoms with Crippen LogP contribution < -0.4 is 0 Å². The number of amides is 1. The SMILES string of the molecule is CCc1oc(C(=O)N2CC(c3ccccc3)C3CCCC32)cc1C(=O)O. The summed E-state index contributed by atoms with van der Waals surface area (Å²) in [7, 11) is 0. The molecule has 4 rings (SSSR count). The molecule has 1 aromatic heterocycles. The Morgan fingerprint density at radius 1 is 1.23 bits per heavy atom. The van der Waals surface area contributed by atoms with Crippen LogP contribution in [0.5, 0.6) is 0 Å². The quantitative estimate of drug-likeness (QED) is 0.903. The second-order valence-corrected chi connectivity index (χ2v) is 7.24. The topological polar surface area (TPSA) is 70.8 Å². The first-order valence-electron chi connectivity index (χ1n) is 9.32. The number of aromatic carboxylic acids is 1. The van der Waals surface area contributed by atoms with Crippen LogP contribution in [0, 0.1) is 5.92 Å². The number of benzene rings is 1. The molecule has 2 fully saturated rings. The minimum atomic E-state index is -1.05. The molecule has 5 nitrogen and oxygen atoms in total. The number of hydrogen-bond acceptors (Lipinski definition) is 3. The number of carboxylic acids is 1. The lowest BCUT2D eigenvalue weighted by Crippen LogP contribution is -2.35. The summed E-state index contributed by atoms with van der Waals surface area (Å²) in [6.45, 7) is 2.50. The third-order valence-electron chi connectivity index (χ3n) is 5.90. The summed E-state index contributed by atoms with van der Waals surface area (Å²) in [4.78, 5) is 26.4. The van der Waals surface area contributed by atoms with Gasteiger partial charge in [-0.25, -0.2) is 4.79 Å². The molecule has 1 aliphatic carbocycles. The number of aryl methyl sites for hydroxylation is 1. The Hall–Kier alpha value is -2.56. The molecule has 5 heteroatoms. The van der Waals surface area contributed by atoms with E-state index >= 15 is 0 Å². The van der Waals surface area contributed by atoms with Crippen LogP contribution in [0.25, 0.3) is 0 Å². The molecule has 1 aromatic carbocycles. The maximum Gasteiger partial charge on any atom is 0.339 e. The molecule has 0 bridgehead atoms. The van der Waals surface area contributed by atoms with Gasteiger partial charge in [0.05, 0.1) is 0 Å². The van der Waals surface area contributed by atoms with Crippen molar-refractivity contribution < 1.29 is 19.1 Å². The second kappa shape index (κ2) is 6.63. The minimum absolute atomic E-state index is 0.0950. The summed E-state index contributed by atoms with van der Waals surface area (Å²) in [5.74, 6) is 0.101. The first-order valence-corrected chi connectivity index (χ1v) is 9.32. The Bertz CT molecular complexity index is 826. The Balaban J connectivity index is 1.63. The highest BCUT2D eigenvalue weighted by atomic mass is 16.4. The van der Waals surface area contributed by atoms with E-state index in [1.54, 1.807) is 0 Å². The zero-order valence-electron chi connectivity index (χ0n) is 14.9. The van der Waals surface area contributed by atoms with E-state index in [1.807, 2.05) is 30.0 Å². The summed E-state index contributed by atoms with van der Waals surface area (Å²) in [5, 5.41) is 9.31. The Morgan fingerprint density at radius 2 is 2.00 bits per heavy atom. The van der Waals surface area contributed by atoms with Crippen molar-refractivity contribution in [1.29, 1.82) is 0 Å². The maximum atomic E-state index is 13.1. The van der Waals surface area contributed by atoms with Crippen molar-refractivity contribution in [2.45, 2.75) is 44.6 Å². The molecule has 1 amide bonds. The number of likely N-dealkylation sites (tertiary alicyclic amines) is 1. The smallest absolute Gasteiger partial charge is 0.339 e. The van der Waals surface area contributed by atoms with Crippen LogP contribution in [0.3, 0.4) is 0 Å². The van der Waals surface area contributed by atoms with Crippen LogP contribution >= 0.6 is 0 Å². The lowest BCUT2D eigenvalue weighted by Gasteiger charge is -2.22. The summed E-state index contributed by atoms with van der Waals surface area (Å²) >= 11 is 0. The van der Waals surface area contributed by atoms with Crippen LogP contribution in [0.2, 0.25) is 0 Å². The number of carbonyl (C=O) groups excluding carboxylic acids is 1. The Kier molecular flexibility index (Phi) is 4.31. The molecule has 1 N–H and O–H groups in total. The largest absolute Gasteiger partial charge is 0.478 e. The molecule has 1 saturated carbocycles. The molecule has 1 saturated heterocycles. The van der Waals surface area contributed by atoms with Crippen molar-refractivity contribution in [1.82, 2.24) is 4.90 Å². The van der Waals surface area contributed by atoms with Gasteiger partial charge >= 0.3 is 5.97 Å². The lowest BCUT2D eigenvalue weighted by molar-refractivity contribution is 0.0683. The van der Waals surface area contributed by atoms with Crippen LogP contribution in [-0.4, -0.2) is 34.5 Å². The first-order chi connectivity index (χ1) is 12.6. The van der Waals surface area contributed by atoms with E-state index in [0.717, 1.165) is 19.3 Å². The van der Waals surface area contributed by atoms with Gasteiger partial charge in [-0.1, -0.05) is 43.7 Å². The minimum Gasteiger partial charge on any atom is -0.478 e. The van der Waals surface area contributed by atoms with E-state index in [-0.39, 0.29) is 23.3 Å². The molecule has 2 aliphatic rings. The van der Waals surface area contributed by atoms with Gasteiger partial charge < -0.3 is 14.4 Å². The highest BCUT2D eigenvalue weighted by molar-refractivity contribution is 5.96. The van der Waals surface area contributed by atoms with Gasteiger partial charge in [0.1, 0.15) is 11.3 Å². The summed E-state index contributed by atoms with van der Waals surface area (Å²) in [6, 6.07) is 12.0. The summed E-state index contributed by atoms with van der Waals surface area (Å²) in [6.07, 6.45) is 3.72.